The molecule has 0 aromatic carbocycles. The monoisotopic (exact) mass is 276 g/mol. The Morgan fingerprint density at radius 1 is 1.45 bits per heavy atom. The van der Waals surface area contributed by atoms with Crippen LogP contribution in [-0.2, 0) is 9.53 Å². The summed E-state index contributed by atoms with van der Waals surface area (Å²) in [5.74, 6) is 4.84. The Morgan fingerprint density at radius 2 is 2.25 bits per heavy atom. The minimum Gasteiger partial charge on any atom is -0.469 e. The number of nitrogens with zero attached hydrogens (tertiary/aromatic N) is 1. The first-order valence-electron chi connectivity index (χ1n) is 6.07. The van der Waals surface area contributed by atoms with E-state index in [-0.39, 0.29) is 31.4 Å². The van der Waals surface area contributed by atoms with E-state index in [0.29, 0.717) is 17.5 Å². The highest BCUT2D eigenvalue weighted by Gasteiger charge is 2.07. The SMILES string of the molecule is COC(=O)CCNC(=O)c1cncc(C#CCCO)c1. The van der Waals surface area contributed by atoms with E-state index >= 15 is 0 Å². The maximum Gasteiger partial charge on any atom is 0.307 e. The van der Waals surface area contributed by atoms with Crippen molar-refractivity contribution in [3.8, 4) is 11.8 Å². The second-order valence-corrected chi connectivity index (χ2v) is 3.82. The molecule has 1 rings (SSSR count). The van der Waals surface area contributed by atoms with Crippen molar-refractivity contribution in [1.29, 1.82) is 0 Å². The van der Waals surface area contributed by atoms with Crippen molar-refractivity contribution < 1.29 is 19.4 Å². The molecule has 0 saturated heterocycles. The molecule has 0 saturated carbocycles. The lowest BCUT2D eigenvalue weighted by Crippen LogP contribution is -2.26. The molecule has 6 heteroatoms. The number of methoxy groups -OCH3 is 1. The number of aliphatic hydroxyl groups excluding tert-OH is 1. The van der Waals surface area contributed by atoms with Crippen LogP contribution in [-0.4, -0.2) is 42.2 Å². The molecule has 0 aliphatic rings. The van der Waals surface area contributed by atoms with Gasteiger partial charge in [0.15, 0.2) is 0 Å². The number of aromatic nitrogens is 1. The number of carbonyl (C=O) groups excluding carboxylic acids is 2. The van der Waals surface area contributed by atoms with Crippen LogP contribution in [0.3, 0.4) is 0 Å². The Morgan fingerprint density at radius 3 is 2.95 bits per heavy atom. The predicted octanol–water partition coefficient (Wildman–Crippen LogP) is 0.108. The Bertz CT molecular complexity index is 531. The fourth-order valence-electron chi connectivity index (χ4n) is 1.34. The molecule has 0 fully saturated rings. The van der Waals surface area contributed by atoms with Crippen molar-refractivity contribution in [2.45, 2.75) is 12.8 Å². The van der Waals surface area contributed by atoms with Crippen LogP contribution in [0.5, 0.6) is 0 Å². The van der Waals surface area contributed by atoms with Crippen molar-refractivity contribution >= 4 is 11.9 Å². The molecule has 0 spiro atoms. The number of esters is 1. The number of aliphatic hydroxyl groups is 1. The van der Waals surface area contributed by atoms with Gasteiger partial charge >= 0.3 is 5.97 Å². The summed E-state index contributed by atoms with van der Waals surface area (Å²) in [6, 6.07) is 1.60. The summed E-state index contributed by atoms with van der Waals surface area (Å²) in [4.78, 5) is 26.6. The molecule has 0 radical (unpaired) electrons. The van der Waals surface area contributed by atoms with E-state index in [0.717, 1.165) is 0 Å². The maximum absolute atomic E-state index is 11.8. The molecule has 106 valence electrons. The van der Waals surface area contributed by atoms with Crippen LogP contribution < -0.4 is 5.32 Å². The molecule has 6 nitrogen and oxygen atoms in total. The summed E-state index contributed by atoms with van der Waals surface area (Å²) in [6.45, 7) is 0.195. The summed E-state index contributed by atoms with van der Waals surface area (Å²) in [6.07, 6.45) is 3.45. The number of rotatable bonds is 5. The lowest BCUT2D eigenvalue weighted by molar-refractivity contribution is -0.140. The molecule has 1 amide bonds. The molecule has 1 aromatic rings. The number of hydrogen-bond acceptors (Lipinski definition) is 5. The molecule has 1 aromatic heterocycles. The van der Waals surface area contributed by atoms with Gasteiger partial charge in [-0.05, 0) is 6.07 Å². The molecule has 1 heterocycles. The Labute approximate surface area is 117 Å². The van der Waals surface area contributed by atoms with Gasteiger partial charge in [0, 0.05) is 30.9 Å². The van der Waals surface area contributed by atoms with Gasteiger partial charge in [-0.15, -0.1) is 0 Å². The highest BCUT2D eigenvalue weighted by atomic mass is 16.5. The molecular weight excluding hydrogens is 260 g/mol. The average molecular weight is 276 g/mol. The third-order valence-electron chi connectivity index (χ3n) is 2.31. The Balaban J connectivity index is 2.58. The fraction of sp³-hybridized carbons (Fsp3) is 0.357. The average Bonchev–Trinajstić information content (AvgIpc) is 2.47. The van der Waals surface area contributed by atoms with Crippen LogP contribution in [0, 0.1) is 11.8 Å². The van der Waals surface area contributed by atoms with Crippen molar-refractivity contribution in [1.82, 2.24) is 10.3 Å². The van der Waals surface area contributed by atoms with E-state index in [1.54, 1.807) is 6.07 Å². The van der Waals surface area contributed by atoms with E-state index in [4.69, 9.17) is 5.11 Å². The zero-order valence-corrected chi connectivity index (χ0v) is 11.2. The van der Waals surface area contributed by atoms with Gasteiger partial charge in [-0.1, -0.05) is 11.8 Å². The zero-order chi connectivity index (χ0) is 14.8. The quantitative estimate of drug-likeness (QED) is 0.588. The van der Waals surface area contributed by atoms with Crippen LogP contribution >= 0.6 is 0 Å². The molecule has 2 N–H and O–H groups in total. The molecule has 0 aliphatic heterocycles. The van der Waals surface area contributed by atoms with Crippen molar-refractivity contribution in [3.05, 3.63) is 29.6 Å². The number of nitrogens with one attached hydrogen (secondary N) is 1. The topological polar surface area (TPSA) is 88.5 Å². The van der Waals surface area contributed by atoms with Crippen molar-refractivity contribution in [2.24, 2.45) is 0 Å². The number of hydrogen-bond donors (Lipinski definition) is 2. The summed E-state index contributed by atoms with van der Waals surface area (Å²) in [7, 11) is 1.29. The van der Waals surface area contributed by atoms with Gasteiger partial charge in [0.25, 0.3) is 5.91 Å². The summed E-state index contributed by atoms with van der Waals surface area (Å²) < 4.78 is 4.47. The number of pyridine rings is 1. The largest absolute Gasteiger partial charge is 0.469 e. The molecule has 20 heavy (non-hydrogen) atoms. The van der Waals surface area contributed by atoms with Crippen LogP contribution in [0.2, 0.25) is 0 Å². The molecule has 0 bridgehead atoms. The second kappa shape index (κ2) is 8.67. The van der Waals surface area contributed by atoms with Gasteiger partial charge in [-0.2, -0.15) is 0 Å². The minimum absolute atomic E-state index is 0.00582. The van der Waals surface area contributed by atoms with E-state index < -0.39 is 0 Å². The highest BCUT2D eigenvalue weighted by Crippen LogP contribution is 2.01. The minimum atomic E-state index is -0.382. The van der Waals surface area contributed by atoms with Crippen LogP contribution in [0.1, 0.15) is 28.8 Å². The van der Waals surface area contributed by atoms with Crippen LogP contribution in [0.15, 0.2) is 18.5 Å². The fourth-order valence-corrected chi connectivity index (χ4v) is 1.34. The Hall–Kier alpha value is -2.39. The number of carbonyl (C=O) groups is 2. The van der Waals surface area contributed by atoms with Gasteiger partial charge < -0.3 is 15.2 Å². The van der Waals surface area contributed by atoms with Gasteiger partial charge in [-0.25, -0.2) is 0 Å². The number of ether oxygens (including phenoxy) is 1. The van der Waals surface area contributed by atoms with Gasteiger partial charge in [0.2, 0.25) is 0 Å². The second-order valence-electron chi connectivity index (χ2n) is 3.82. The molecule has 0 unspecified atom stereocenters. The zero-order valence-electron chi connectivity index (χ0n) is 11.2. The van der Waals surface area contributed by atoms with Crippen molar-refractivity contribution in [2.75, 3.05) is 20.3 Å². The predicted molar refractivity (Wildman–Crippen MR) is 71.8 cm³/mol. The smallest absolute Gasteiger partial charge is 0.307 e. The standard InChI is InChI=1S/C14H16N2O4/c1-20-13(18)5-6-16-14(19)12-8-11(9-15-10-12)4-2-3-7-17/h8-10,17H,3,5-7H2,1H3,(H,16,19). The first kappa shape index (κ1) is 15.7. The summed E-state index contributed by atoms with van der Waals surface area (Å²) >= 11 is 0. The lowest BCUT2D eigenvalue weighted by Gasteiger charge is -2.04. The van der Waals surface area contributed by atoms with E-state index in [1.165, 1.54) is 19.5 Å². The first-order chi connectivity index (χ1) is 9.67. The van der Waals surface area contributed by atoms with Crippen molar-refractivity contribution in [3.63, 3.8) is 0 Å². The van der Waals surface area contributed by atoms with Crippen LogP contribution in [0.4, 0.5) is 0 Å². The third kappa shape index (κ3) is 5.50. The number of amides is 1. The molecular formula is C14H16N2O4. The summed E-state index contributed by atoms with van der Waals surface area (Å²) in [5, 5.41) is 11.2. The summed E-state index contributed by atoms with van der Waals surface area (Å²) in [5.41, 5.74) is 0.963. The Kier molecular flexibility index (Phi) is 6.79. The van der Waals surface area contributed by atoms with Gasteiger partial charge in [0.05, 0.1) is 25.7 Å². The normalized spacial score (nSPS) is 9.30. The maximum atomic E-state index is 11.8. The lowest BCUT2D eigenvalue weighted by atomic mass is 10.2. The van der Waals surface area contributed by atoms with E-state index in [2.05, 4.69) is 26.9 Å². The van der Waals surface area contributed by atoms with E-state index in [1.807, 2.05) is 0 Å². The van der Waals surface area contributed by atoms with Crippen LogP contribution in [0.25, 0.3) is 0 Å². The molecule has 0 aliphatic carbocycles. The van der Waals surface area contributed by atoms with Gasteiger partial charge in [0.1, 0.15) is 0 Å². The van der Waals surface area contributed by atoms with E-state index in [9.17, 15) is 9.59 Å². The first-order valence-corrected chi connectivity index (χ1v) is 6.07. The van der Waals surface area contributed by atoms with Gasteiger partial charge in [-0.3, -0.25) is 14.6 Å². The highest BCUT2D eigenvalue weighted by molar-refractivity contribution is 5.94. The third-order valence-corrected chi connectivity index (χ3v) is 2.31. The molecule has 0 atom stereocenters.